The van der Waals surface area contributed by atoms with Crippen molar-refractivity contribution in [1.29, 1.82) is 0 Å². The predicted octanol–water partition coefficient (Wildman–Crippen LogP) is 2.56. The molecule has 0 aliphatic carbocycles. The van der Waals surface area contributed by atoms with E-state index in [-0.39, 0.29) is 0 Å². The Kier molecular flexibility index (Phi) is 4.62. The molecule has 0 rings (SSSR count). The maximum atomic E-state index is 3.09. The Hall–Kier alpha value is -0.235. The van der Waals surface area contributed by atoms with Gasteiger partial charge in [-0.3, -0.25) is 0 Å². The third-order valence-electron chi connectivity index (χ3n) is 1.68. The van der Waals surface area contributed by atoms with Gasteiger partial charge >= 0.3 is 0 Å². The summed E-state index contributed by atoms with van der Waals surface area (Å²) in [4.78, 5) is 0. The molecule has 0 heterocycles. The lowest BCUT2D eigenvalue weighted by atomic mass is 9.71. The van der Waals surface area contributed by atoms with E-state index >= 15 is 0 Å². The maximum Gasteiger partial charge on any atom is 0.239 e. The van der Waals surface area contributed by atoms with Crippen LogP contribution in [0.4, 0.5) is 0 Å². The van der Waals surface area contributed by atoms with Crippen LogP contribution in [-0.2, 0) is 0 Å². The van der Waals surface area contributed by atoms with E-state index in [1.807, 2.05) is 7.05 Å². The van der Waals surface area contributed by atoms with Crippen molar-refractivity contribution in [1.82, 2.24) is 5.23 Å². The van der Waals surface area contributed by atoms with Crippen molar-refractivity contribution in [3.63, 3.8) is 0 Å². The van der Waals surface area contributed by atoms with Gasteiger partial charge in [-0.05, 0) is 32.7 Å². The smallest absolute Gasteiger partial charge is 0.239 e. The van der Waals surface area contributed by atoms with Crippen LogP contribution >= 0.6 is 0 Å². The van der Waals surface area contributed by atoms with Gasteiger partial charge < -0.3 is 5.23 Å². The largest absolute Gasteiger partial charge is 0.359 e. The Morgan fingerprint density at radius 3 is 2.00 bits per heavy atom. The van der Waals surface area contributed by atoms with E-state index in [1.165, 1.54) is 11.0 Å². The Bertz CT molecular complexity index is 161. The number of allylic oxidation sites excluding steroid dienone is 2. The molecule has 1 nitrogen and oxygen atoms in total. The van der Waals surface area contributed by atoms with Gasteiger partial charge in [-0.1, -0.05) is 31.8 Å². The van der Waals surface area contributed by atoms with Crippen LogP contribution in [0.2, 0.25) is 0 Å². The number of nitrogens with one attached hydrogen (secondary N) is 1. The molecule has 0 bridgehead atoms. The zero-order valence-electron chi connectivity index (χ0n) is 9.28. The fourth-order valence-corrected chi connectivity index (χ4v) is 1.12. The molecule has 0 aromatic carbocycles. The normalized spacial score (nSPS) is 11.2. The van der Waals surface area contributed by atoms with Crippen molar-refractivity contribution in [2.45, 2.75) is 41.0 Å². The third kappa shape index (κ3) is 5.42. The summed E-state index contributed by atoms with van der Waals surface area (Å²) in [5, 5.41) is 3.09. The van der Waals surface area contributed by atoms with Crippen LogP contribution in [0.5, 0.6) is 0 Å². The van der Waals surface area contributed by atoms with E-state index in [2.05, 4.69) is 47.3 Å². The number of rotatable bonds is 3. The van der Waals surface area contributed by atoms with Crippen molar-refractivity contribution in [3.8, 4) is 0 Å². The van der Waals surface area contributed by atoms with Crippen LogP contribution in [0.15, 0.2) is 11.0 Å². The standard InChI is InChI=1S/C10H21BN/c1-8(2)9(11-12-6)7-10(3,4)5/h12H,7H2,1-6H3. The molecule has 1 N–H and O–H groups in total. The average Bonchev–Trinajstić information content (AvgIpc) is 1.83. The second-order valence-electron chi connectivity index (χ2n) is 4.70. The maximum absolute atomic E-state index is 3.09. The zero-order valence-corrected chi connectivity index (χ0v) is 9.28. The SMILES string of the molecule is CN[B]C(CC(C)(C)C)=C(C)C. The first-order valence-electron chi connectivity index (χ1n) is 4.53. The van der Waals surface area contributed by atoms with Gasteiger partial charge in [0, 0.05) is 0 Å². The molecule has 0 aliphatic rings. The molecule has 0 fully saturated rings. The van der Waals surface area contributed by atoms with Crippen LogP contribution in [-0.4, -0.2) is 14.5 Å². The van der Waals surface area contributed by atoms with Crippen LogP contribution in [0.25, 0.3) is 0 Å². The Balaban J connectivity index is 4.26. The lowest BCUT2D eigenvalue weighted by Crippen LogP contribution is -2.20. The summed E-state index contributed by atoms with van der Waals surface area (Å²) < 4.78 is 0. The van der Waals surface area contributed by atoms with Gasteiger partial charge in [0.1, 0.15) is 0 Å². The van der Waals surface area contributed by atoms with Crippen LogP contribution in [0, 0.1) is 5.41 Å². The quantitative estimate of drug-likeness (QED) is 0.635. The molecule has 12 heavy (non-hydrogen) atoms. The first-order chi connectivity index (χ1) is 5.37. The van der Waals surface area contributed by atoms with Crippen LogP contribution in [0.3, 0.4) is 0 Å². The molecule has 0 aromatic rings. The molecular formula is C10H21BN. The minimum absolute atomic E-state index is 0.375. The van der Waals surface area contributed by atoms with Gasteiger partial charge in [-0.15, -0.1) is 0 Å². The lowest BCUT2D eigenvalue weighted by molar-refractivity contribution is 0.415. The number of hydrogen-bond acceptors (Lipinski definition) is 1. The van der Waals surface area contributed by atoms with Gasteiger partial charge in [0.15, 0.2) is 0 Å². The van der Waals surface area contributed by atoms with E-state index in [9.17, 15) is 0 Å². The van der Waals surface area contributed by atoms with E-state index in [0.29, 0.717) is 5.41 Å². The van der Waals surface area contributed by atoms with E-state index in [4.69, 9.17) is 0 Å². The summed E-state index contributed by atoms with van der Waals surface area (Å²) in [5.41, 5.74) is 3.20. The van der Waals surface area contributed by atoms with Crippen LogP contribution < -0.4 is 5.23 Å². The minimum Gasteiger partial charge on any atom is -0.359 e. The Morgan fingerprint density at radius 1 is 1.25 bits per heavy atom. The van der Waals surface area contributed by atoms with Gasteiger partial charge in [0.25, 0.3) is 0 Å². The zero-order chi connectivity index (χ0) is 9.78. The molecule has 1 radical (unpaired) electrons. The van der Waals surface area contributed by atoms with Gasteiger partial charge in [0.2, 0.25) is 7.41 Å². The summed E-state index contributed by atoms with van der Waals surface area (Å²) in [6, 6.07) is 0. The molecule has 2 heteroatoms. The Labute approximate surface area is 77.9 Å². The van der Waals surface area contributed by atoms with Crippen molar-refractivity contribution in [2.24, 2.45) is 5.41 Å². The average molecular weight is 166 g/mol. The van der Waals surface area contributed by atoms with Gasteiger partial charge in [0.05, 0.1) is 0 Å². The predicted molar refractivity (Wildman–Crippen MR) is 57.3 cm³/mol. The van der Waals surface area contributed by atoms with E-state index < -0.39 is 0 Å². The molecule has 0 saturated heterocycles. The highest BCUT2D eigenvalue weighted by Crippen LogP contribution is 2.24. The molecule has 0 unspecified atom stereocenters. The molecule has 0 spiro atoms. The number of hydrogen-bond donors (Lipinski definition) is 1. The monoisotopic (exact) mass is 166 g/mol. The molecule has 0 atom stereocenters. The van der Waals surface area contributed by atoms with Gasteiger partial charge in [-0.25, -0.2) is 0 Å². The molecule has 0 saturated carbocycles. The second kappa shape index (κ2) is 4.71. The fourth-order valence-electron chi connectivity index (χ4n) is 1.12. The van der Waals surface area contributed by atoms with Crippen LogP contribution in [0.1, 0.15) is 41.0 Å². The molecule has 69 valence electrons. The Morgan fingerprint density at radius 2 is 1.75 bits per heavy atom. The van der Waals surface area contributed by atoms with E-state index in [0.717, 1.165) is 6.42 Å². The topological polar surface area (TPSA) is 12.0 Å². The molecule has 0 aromatic heterocycles. The molecule has 0 amide bonds. The summed E-state index contributed by atoms with van der Waals surface area (Å²) in [5.74, 6) is 0. The summed E-state index contributed by atoms with van der Waals surface area (Å²) in [6.45, 7) is 11.1. The van der Waals surface area contributed by atoms with E-state index in [1.54, 1.807) is 0 Å². The van der Waals surface area contributed by atoms with Crippen molar-refractivity contribution in [3.05, 3.63) is 11.0 Å². The van der Waals surface area contributed by atoms with Crippen molar-refractivity contribution >= 4 is 7.41 Å². The third-order valence-corrected chi connectivity index (χ3v) is 1.68. The highest BCUT2D eigenvalue weighted by atomic mass is 14.7. The highest BCUT2D eigenvalue weighted by molar-refractivity contribution is 6.42. The summed E-state index contributed by atoms with van der Waals surface area (Å²) >= 11 is 0. The first kappa shape index (κ1) is 11.8. The highest BCUT2D eigenvalue weighted by Gasteiger charge is 2.13. The lowest BCUT2D eigenvalue weighted by Gasteiger charge is -2.21. The minimum atomic E-state index is 0.375. The molecular weight excluding hydrogens is 145 g/mol. The fraction of sp³-hybridized carbons (Fsp3) is 0.800. The first-order valence-corrected chi connectivity index (χ1v) is 4.53. The summed E-state index contributed by atoms with van der Waals surface area (Å²) in [7, 11) is 4.05. The van der Waals surface area contributed by atoms with Crippen molar-refractivity contribution in [2.75, 3.05) is 7.05 Å². The van der Waals surface area contributed by atoms with Crippen molar-refractivity contribution < 1.29 is 0 Å². The summed E-state index contributed by atoms with van der Waals surface area (Å²) in [6.07, 6.45) is 1.14. The second-order valence-corrected chi connectivity index (χ2v) is 4.70. The molecule has 0 aliphatic heterocycles. The van der Waals surface area contributed by atoms with Gasteiger partial charge in [-0.2, -0.15) is 0 Å².